The Morgan fingerprint density at radius 3 is 1.90 bits per heavy atom. The van der Waals surface area contributed by atoms with Crippen molar-refractivity contribution in [3.63, 3.8) is 0 Å². The van der Waals surface area contributed by atoms with Crippen molar-refractivity contribution in [3.05, 3.63) is 54.1 Å². The SMILES string of the molecule is CC(C)(C)CCOc1ccc(-c2ccc(C=O)cc2)cc1. The fourth-order valence-corrected chi connectivity index (χ4v) is 1.97. The van der Waals surface area contributed by atoms with Crippen LogP contribution in [0.2, 0.25) is 0 Å². The minimum Gasteiger partial charge on any atom is -0.494 e. The minimum atomic E-state index is 0.292. The summed E-state index contributed by atoms with van der Waals surface area (Å²) in [6.07, 6.45) is 1.89. The highest BCUT2D eigenvalue weighted by Crippen LogP contribution is 2.24. The highest BCUT2D eigenvalue weighted by Gasteiger charge is 2.09. The molecule has 0 radical (unpaired) electrons. The van der Waals surface area contributed by atoms with Crippen molar-refractivity contribution in [2.75, 3.05) is 6.61 Å². The molecule has 0 fully saturated rings. The lowest BCUT2D eigenvalue weighted by Gasteiger charge is -2.18. The lowest BCUT2D eigenvalue weighted by atomic mass is 9.93. The van der Waals surface area contributed by atoms with Crippen LogP contribution in [0.15, 0.2) is 48.5 Å². The number of carbonyl (C=O) groups is 1. The highest BCUT2D eigenvalue weighted by atomic mass is 16.5. The molecule has 2 nitrogen and oxygen atoms in total. The van der Waals surface area contributed by atoms with Crippen molar-refractivity contribution in [3.8, 4) is 16.9 Å². The maximum atomic E-state index is 10.7. The standard InChI is InChI=1S/C19H22O2/c1-19(2,3)12-13-21-18-10-8-17(9-11-18)16-6-4-15(14-20)5-7-16/h4-11,14H,12-13H2,1-3H3. The van der Waals surface area contributed by atoms with E-state index < -0.39 is 0 Å². The van der Waals surface area contributed by atoms with Gasteiger partial charge in [0.2, 0.25) is 0 Å². The van der Waals surface area contributed by atoms with E-state index in [4.69, 9.17) is 4.74 Å². The molecule has 2 heteroatoms. The fraction of sp³-hybridized carbons (Fsp3) is 0.316. The Hall–Kier alpha value is -2.09. The Labute approximate surface area is 126 Å². The first-order chi connectivity index (χ1) is 9.98. The van der Waals surface area contributed by atoms with Gasteiger partial charge in [-0.25, -0.2) is 0 Å². The van der Waals surface area contributed by atoms with Gasteiger partial charge in [0.1, 0.15) is 12.0 Å². The van der Waals surface area contributed by atoms with Crippen LogP contribution >= 0.6 is 0 Å². The second kappa shape index (κ2) is 6.57. The molecule has 0 heterocycles. The largest absolute Gasteiger partial charge is 0.494 e. The topological polar surface area (TPSA) is 26.3 Å². The minimum absolute atomic E-state index is 0.292. The molecule has 0 saturated carbocycles. The molecule has 0 aliphatic heterocycles. The van der Waals surface area contributed by atoms with E-state index in [1.807, 2.05) is 48.5 Å². The second-order valence-corrected chi connectivity index (χ2v) is 6.42. The molecule has 2 rings (SSSR count). The molecular formula is C19H22O2. The van der Waals surface area contributed by atoms with Crippen LogP contribution in [0, 0.1) is 5.41 Å². The third-order valence-electron chi connectivity index (χ3n) is 3.36. The first kappa shape index (κ1) is 15.3. The van der Waals surface area contributed by atoms with Crippen LogP contribution in [0.4, 0.5) is 0 Å². The van der Waals surface area contributed by atoms with Crippen LogP contribution in [-0.2, 0) is 0 Å². The second-order valence-electron chi connectivity index (χ2n) is 6.42. The number of aldehydes is 1. The molecule has 2 aromatic carbocycles. The van der Waals surface area contributed by atoms with E-state index in [-0.39, 0.29) is 0 Å². The molecule has 0 saturated heterocycles. The number of benzene rings is 2. The summed E-state index contributed by atoms with van der Waals surface area (Å²) < 4.78 is 5.76. The molecule has 21 heavy (non-hydrogen) atoms. The summed E-state index contributed by atoms with van der Waals surface area (Å²) in [5.41, 5.74) is 3.21. The fourth-order valence-electron chi connectivity index (χ4n) is 1.97. The van der Waals surface area contributed by atoms with Crippen molar-refractivity contribution in [1.29, 1.82) is 0 Å². The van der Waals surface area contributed by atoms with Gasteiger partial charge >= 0.3 is 0 Å². The Morgan fingerprint density at radius 1 is 0.905 bits per heavy atom. The molecule has 0 spiro atoms. The van der Waals surface area contributed by atoms with Gasteiger partial charge in [0.15, 0.2) is 0 Å². The van der Waals surface area contributed by atoms with Gasteiger partial charge < -0.3 is 4.74 Å². The number of ether oxygens (including phenoxy) is 1. The van der Waals surface area contributed by atoms with Gasteiger partial charge in [-0.2, -0.15) is 0 Å². The third kappa shape index (κ3) is 4.75. The average Bonchev–Trinajstić information content (AvgIpc) is 2.47. The Balaban J connectivity index is 1.99. The van der Waals surface area contributed by atoms with E-state index in [0.717, 1.165) is 36.2 Å². The monoisotopic (exact) mass is 282 g/mol. The summed E-state index contributed by atoms with van der Waals surface area (Å²) in [5, 5.41) is 0. The predicted octanol–water partition coefficient (Wildman–Crippen LogP) is 4.98. The molecule has 0 amide bonds. The quantitative estimate of drug-likeness (QED) is 0.723. The summed E-state index contributed by atoms with van der Waals surface area (Å²) in [6.45, 7) is 7.37. The van der Waals surface area contributed by atoms with Crippen molar-refractivity contribution in [1.82, 2.24) is 0 Å². The van der Waals surface area contributed by atoms with E-state index in [1.54, 1.807) is 0 Å². The van der Waals surface area contributed by atoms with Crippen molar-refractivity contribution >= 4 is 6.29 Å². The van der Waals surface area contributed by atoms with Gasteiger partial charge in [0, 0.05) is 5.56 Å². The van der Waals surface area contributed by atoms with Gasteiger partial charge in [-0.3, -0.25) is 4.79 Å². The van der Waals surface area contributed by atoms with Crippen molar-refractivity contribution < 1.29 is 9.53 Å². The molecular weight excluding hydrogens is 260 g/mol. The number of carbonyl (C=O) groups excluding carboxylic acids is 1. The predicted molar refractivity (Wildman–Crippen MR) is 86.8 cm³/mol. The van der Waals surface area contributed by atoms with Crippen LogP contribution in [0.3, 0.4) is 0 Å². The van der Waals surface area contributed by atoms with Crippen LogP contribution in [0.5, 0.6) is 5.75 Å². The first-order valence-electron chi connectivity index (χ1n) is 7.26. The maximum Gasteiger partial charge on any atom is 0.150 e. The van der Waals surface area contributed by atoms with Crippen LogP contribution in [0.25, 0.3) is 11.1 Å². The van der Waals surface area contributed by atoms with Gasteiger partial charge in [-0.05, 0) is 35.1 Å². The Kier molecular flexibility index (Phi) is 4.79. The third-order valence-corrected chi connectivity index (χ3v) is 3.36. The number of rotatable bonds is 5. The zero-order valence-electron chi connectivity index (χ0n) is 12.9. The normalized spacial score (nSPS) is 11.2. The van der Waals surface area contributed by atoms with Gasteiger partial charge in [0.05, 0.1) is 6.61 Å². The first-order valence-corrected chi connectivity index (χ1v) is 7.26. The van der Waals surface area contributed by atoms with E-state index in [2.05, 4.69) is 20.8 Å². The molecule has 0 aliphatic rings. The molecule has 0 unspecified atom stereocenters. The molecule has 0 atom stereocenters. The summed E-state index contributed by atoms with van der Waals surface area (Å²) in [6, 6.07) is 15.6. The van der Waals surface area contributed by atoms with Crippen LogP contribution in [-0.4, -0.2) is 12.9 Å². The highest BCUT2D eigenvalue weighted by molar-refractivity contribution is 5.76. The molecule has 0 bridgehead atoms. The number of hydrogen-bond acceptors (Lipinski definition) is 2. The van der Waals surface area contributed by atoms with E-state index in [9.17, 15) is 4.79 Å². The summed E-state index contributed by atoms with van der Waals surface area (Å²) in [7, 11) is 0. The zero-order chi connectivity index (χ0) is 15.3. The van der Waals surface area contributed by atoms with Gasteiger partial charge in [-0.1, -0.05) is 57.2 Å². The van der Waals surface area contributed by atoms with Crippen molar-refractivity contribution in [2.24, 2.45) is 5.41 Å². The van der Waals surface area contributed by atoms with Crippen LogP contribution in [0.1, 0.15) is 37.6 Å². The molecule has 0 aliphatic carbocycles. The molecule has 0 aromatic heterocycles. The van der Waals surface area contributed by atoms with E-state index in [1.165, 1.54) is 0 Å². The van der Waals surface area contributed by atoms with E-state index >= 15 is 0 Å². The smallest absolute Gasteiger partial charge is 0.150 e. The van der Waals surface area contributed by atoms with Gasteiger partial charge in [0.25, 0.3) is 0 Å². The Morgan fingerprint density at radius 2 is 1.43 bits per heavy atom. The van der Waals surface area contributed by atoms with Crippen molar-refractivity contribution in [2.45, 2.75) is 27.2 Å². The average molecular weight is 282 g/mol. The molecule has 110 valence electrons. The lowest BCUT2D eigenvalue weighted by molar-refractivity contribution is 0.112. The Bertz CT molecular complexity index is 574. The summed E-state index contributed by atoms with van der Waals surface area (Å²) in [5.74, 6) is 0.896. The van der Waals surface area contributed by atoms with E-state index in [0.29, 0.717) is 11.0 Å². The molecule has 0 N–H and O–H groups in total. The summed E-state index contributed by atoms with van der Waals surface area (Å²) in [4.78, 5) is 10.7. The lowest BCUT2D eigenvalue weighted by Crippen LogP contribution is -2.10. The van der Waals surface area contributed by atoms with Gasteiger partial charge in [-0.15, -0.1) is 0 Å². The summed E-state index contributed by atoms with van der Waals surface area (Å²) >= 11 is 0. The molecule has 2 aromatic rings. The van der Waals surface area contributed by atoms with Crippen LogP contribution < -0.4 is 4.74 Å². The maximum absolute atomic E-state index is 10.7. The number of hydrogen-bond donors (Lipinski definition) is 0. The zero-order valence-corrected chi connectivity index (χ0v) is 12.9.